The molecule has 7 heteroatoms. The summed E-state index contributed by atoms with van der Waals surface area (Å²) >= 11 is 0. The maximum absolute atomic E-state index is 5.51. The SMILES string of the molecule is CN=C(NCc1cccc(N2CC=CC2)c1)NC(C)c1cc(OC)ccc1OC.I. The number of aliphatic imine (C=N–C) groups is 1. The third-order valence-electron chi connectivity index (χ3n) is 5.03. The molecule has 1 aliphatic rings. The van der Waals surface area contributed by atoms with Crippen LogP contribution in [0, 0.1) is 0 Å². The van der Waals surface area contributed by atoms with Gasteiger partial charge >= 0.3 is 0 Å². The number of benzene rings is 2. The van der Waals surface area contributed by atoms with Crippen molar-refractivity contribution in [3.8, 4) is 11.5 Å². The summed E-state index contributed by atoms with van der Waals surface area (Å²) in [5, 5.41) is 6.83. The van der Waals surface area contributed by atoms with Gasteiger partial charge in [0.1, 0.15) is 11.5 Å². The van der Waals surface area contributed by atoms with Crippen LogP contribution in [0.3, 0.4) is 0 Å². The van der Waals surface area contributed by atoms with Gasteiger partial charge in [-0.2, -0.15) is 0 Å². The largest absolute Gasteiger partial charge is 0.497 e. The molecular formula is C23H31IN4O2. The van der Waals surface area contributed by atoms with Crippen molar-refractivity contribution in [1.29, 1.82) is 0 Å². The molecule has 0 radical (unpaired) electrons. The number of nitrogens with zero attached hydrogens (tertiary/aromatic N) is 2. The fraction of sp³-hybridized carbons (Fsp3) is 0.348. The first-order valence-corrected chi connectivity index (χ1v) is 9.82. The van der Waals surface area contributed by atoms with Crippen molar-refractivity contribution in [2.24, 2.45) is 4.99 Å². The Hall–Kier alpha value is -2.42. The monoisotopic (exact) mass is 522 g/mol. The molecule has 0 aliphatic carbocycles. The quantitative estimate of drug-likeness (QED) is 0.248. The van der Waals surface area contributed by atoms with E-state index in [9.17, 15) is 0 Å². The van der Waals surface area contributed by atoms with Crippen LogP contribution in [0.25, 0.3) is 0 Å². The number of hydrogen-bond acceptors (Lipinski definition) is 4. The maximum Gasteiger partial charge on any atom is 0.191 e. The van der Waals surface area contributed by atoms with Gasteiger partial charge < -0.3 is 25.0 Å². The van der Waals surface area contributed by atoms with Crippen LogP contribution in [0.5, 0.6) is 11.5 Å². The maximum atomic E-state index is 5.51. The van der Waals surface area contributed by atoms with Gasteiger partial charge in [-0.05, 0) is 42.8 Å². The summed E-state index contributed by atoms with van der Waals surface area (Å²) in [6, 6.07) is 14.4. The summed E-state index contributed by atoms with van der Waals surface area (Å²) in [7, 11) is 5.11. The summed E-state index contributed by atoms with van der Waals surface area (Å²) < 4.78 is 10.9. The van der Waals surface area contributed by atoms with Gasteiger partial charge in [-0.25, -0.2) is 0 Å². The van der Waals surface area contributed by atoms with Gasteiger partial charge in [0.15, 0.2) is 5.96 Å². The molecule has 2 aromatic rings. The highest BCUT2D eigenvalue weighted by molar-refractivity contribution is 14.0. The Labute approximate surface area is 196 Å². The lowest BCUT2D eigenvalue weighted by atomic mass is 10.1. The molecule has 30 heavy (non-hydrogen) atoms. The summed E-state index contributed by atoms with van der Waals surface area (Å²) in [4.78, 5) is 6.71. The number of anilines is 1. The summed E-state index contributed by atoms with van der Waals surface area (Å²) in [5.74, 6) is 2.34. The van der Waals surface area contributed by atoms with E-state index in [0.717, 1.165) is 36.1 Å². The molecule has 3 rings (SSSR count). The first kappa shape index (κ1) is 23.9. The van der Waals surface area contributed by atoms with Crippen LogP contribution in [0.15, 0.2) is 59.6 Å². The average Bonchev–Trinajstić information content (AvgIpc) is 3.31. The van der Waals surface area contributed by atoms with Gasteiger partial charge in [0.25, 0.3) is 0 Å². The molecule has 0 fully saturated rings. The molecule has 0 bridgehead atoms. The Bertz CT molecular complexity index is 877. The zero-order chi connectivity index (χ0) is 20.6. The molecule has 6 nitrogen and oxygen atoms in total. The number of methoxy groups -OCH3 is 2. The fourth-order valence-electron chi connectivity index (χ4n) is 3.39. The van der Waals surface area contributed by atoms with Crippen molar-refractivity contribution >= 4 is 35.6 Å². The second-order valence-electron chi connectivity index (χ2n) is 6.95. The molecule has 2 aromatic carbocycles. The standard InChI is InChI=1S/C23H30N4O2.HI/c1-17(21-15-20(28-3)10-11-22(21)29-4)26-23(24-2)25-16-18-8-7-9-19(14-18)27-12-5-6-13-27;/h5-11,14-15,17H,12-13,16H2,1-4H3,(H2,24,25,26);1H. The minimum atomic E-state index is -0.00624. The first-order chi connectivity index (χ1) is 14.1. The number of hydrogen-bond donors (Lipinski definition) is 2. The van der Waals surface area contributed by atoms with Gasteiger partial charge in [-0.1, -0.05) is 24.3 Å². The highest BCUT2D eigenvalue weighted by Gasteiger charge is 2.14. The lowest BCUT2D eigenvalue weighted by molar-refractivity contribution is 0.394. The van der Waals surface area contributed by atoms with Crippen LogP contribution >= 0.6 is 24.0 Å². The minimum Gasteiger partial charge on any atom is -0.497 e. The van der Waals surface area contributed by atoms with Crippen molar-refractivity contribution < 1.29 is 9.47 Å². The van der Waals surface area contributed by atoms with Crippen LogP contribution < -0.4 is 25.0 Å². The second kappa shape index (κ2) is 11.7. The van der Waals surface area contributed by atoms with Crippen LogP contribution in [-0.2, 0) is 6.54 Å². The molecular weight excluding hydrogens is 491 g/mol. The van der Waals surface area contributed by atoms with Crippen molar-refractivity contribution in [1.82, 2.24) is 10.6 Å². The van der Waals surface area contributed by atoms with E-state index in [1.165, 1.54) is 11.3 Å². The summed E-state index contributed by atoms with van der Waals surface area (Å²) in [6.07, 6.45) is 4.40. The van der Waals surface area contributed by atoms with Crippen molar-refractivity contribution in [2.45, 2.75) is 19.5 Å². The molecule has 1 aliphatic heterocycles. The normalized spacial score (nSPS) is 14.1. The molecule has 0 spiro atoms. The van der Waals surface area contributed by atoms with Gasteiger partial charge in [-0.3, -0.25) is 4.99 Å². The molecule has 2 N–H and O–H groups in total. The number of rotatable bonds is 7. The second-order valence-corrected chi connectivity index (χ2v) is 6.95. The van der Waals surface area contributed by atoms with Crippen LogP contribution in [0.1, 0.15) is 24.1 Å². The number of nitrogens with one attached hydrogen (secondary N) is 2. The first-order valence-electron chi connectivity index (χ1n) is 9.82. The Morgan fingerprint density at radius 3 is 2.53 bits per heavy atom. The van der Waals surface area contributed by atoms with E-state index < -0.39 is 0 Å². The zero-order valence-electron chi connectivity index (χ0n) is 18.0. The third-order valence-corrected chi connectivity index (χ3v) is 5.03. The fourth-order valence-corrected chi connectivity index (χ4v) is 3.39. The summed E-state index contributed by atoms with van der Waals surface area (Å²) in [5.41, 5.74) is 3.47. The van der Waals surface area contributed by atoms with E-state index >= 15 is 0 Å². The van der Waals surface area contributed by atoms with E-state index in [1.54, 1.807) is 21.3 Å². The number of ether oxygens (including phenoxy) is 2. The molecule has 162 valence electrons. The highest BCUT2D eigenvalue weighted by atomic mass is 127. The lowest BCUT2D eigenvalue weighted by Crippen LogP contribution is -2.38. The molecule has 0 saturated carbocycles. The van der Waals surface area contributed by atoms with Crippen LogP contribution in [0.2, 0.25) is 0 Å². The van der Waals surface area contributed by atoms with E-state index in [4.69, 9.17) is 9.47 Å². The number of halogens is 1. The van der Waals surface area contributed by atoms with E-state index in [-0.39, 0.29) is 30.0 Å². The lowest BCUT2D eigenvalue weighted by Gasteiger charge is -2.21. The van der Waals surface area contributed by atoms with Gasteiger partial charge in [-0.15, -0.1) is 24.0 Å². The van der Waals surface area contributed by atoms with Crippen molar-refractivity contribution in [2.75, 3.05) is 39.3 Å². The van der Waals surface area contributed by atoms with Gasteiger partial charge in [0.05, 0.1) is 20.3 Å². The molecule has 0 amide bonds. The molecule has 1 unspecified atom stereocenters. The van der Waals surface area contributed by atoms with E-state index in [0.29, 0.717) is 6.54 Å². The molecule has 0 aromatic heterocycles. The zero-order valence-corrected chi connectivity index (χ0v) is 20.3. The van der Waals surface area contributed by atoms with Gasteiger partial charge in [0, 0.05) is 37.9 Å². The summed E-state index contributed by atoms with van der Waals surface area (Å²) in [6.45, 7) is 4.71. The van der Waals surface area contributed by atoms with E-state index in [2.05, 4.69) is 63.9 Å². The van der Waals surface area contributed by atoms with E-state index in [1.807, 2.05) is 18.2 Å². The highest BCUT2D eigenvalue weighted by Crippen LogP contribution is 2.29. The minimum absolute atomic E-state index is 0. The molecule has 1 heterocycles. The van der Waals surface area contributed by atoms with Gasteiger partial charge in [0.2, 0.25) is 0 Å². The Morgan fingerprint density at radius 2 is 1.87 bits per heavy atom. The Morgan fingerprint density at radius 1 is 1.10 bits per heavy atom. The molecule has 0 saturated heterocycles. The van der Waals surface area contributed by atoms with Crippen molar-refractivity contribution in [3.05, 3.63) is 65.7 Å². The number of guanidine groups is 1. The Kier molecular flexibility index (Phi) is 9.29. The smallest absolute Gasteiger partial charge is 0.191 e. The Balaban J connectivity index is 0.00000320. The predicted octanol–water partition coefficient (Wildman–Crippen LogP) is 4.12. The predicted molar refractivity (Wildman–Crippen MR) is 135 cm³/mol. The van der Waals surface area contributed by atoms with Crippen LogP contribution in [0.4, 0.5) is 5.69 Å². The third kappa shape index (κ3) is 6.04. The van der Waals surface area contributed by atoms with Crippen molar-refractivity contribution in [3.63, 3.8) is 0 Å². The topological polar surface area (TPSA) is 58.1 Å². The average molecular weight is 522 g/mol. The van der Waals surface area contributed by atoms with Crippen LogP contribution in [-0.4, -0.2) is 40.3 Å². The molecule has 1 atom stereocenters.